The van der Waals surface area contributed by atoms with Crippen LogP contribution in [0.2, 0.25) is 0 Å². The first-order valence-corrected chi connectivity index (χ1v) is 4.64. The molecule has 0 aliphatic rings. The van der Waals surface area contributed by atoms with Gasteiger partial charge in [-0.3, -0.25) is 0 Å². The number of halogens is 2. The summed E-state index contributed by atoms with van der Waals surface area (Å²) in [4.78, 5) is 1.64. The Morgan fingerprint density at radius 2 is 1.77 bits per heavy atom. The van der Waals surface area contributed by atoms with Crippen LogP contribution in [0.5, 0.6) is 0 Å². The molecule has 0 amide bonds. The van der Waals surface area contributed by atoms with Crippen LogP contribution >= 0.6 is 0 Å². The van der Waals surface area contributed by atoms with Gasteiger partial charge in [0, 0.05) is 6.54 Å². The topological polar surface area (TPSA) is 29.3 Å². The normalized spacial score (nSPS) is 14.5. The fourth-order valence-corrected chi connectivity index (χ4v) is 1.27. The first kappa shape index (κ1) is 12.8. The molecule has 80 valence electrons. The Kier molecular flexibility index (Phi) is 6.16. The van der Waals surface area contributed by atoms with Crippen molar-refractivity contribution in [3.63, 3.8) is 0 Å². The van der Waals surface area contributed by atoms with E-state index in [1.165, 1.54) is 0 Å². The number of nitrogens with two attached hydrogens (primary N) is 1. The van der Waals surface area contributed by atoms with Crippen LogP contribution in [-0.4, -0.2) is 38.0 Å². The van der Waals surface area contributed by atoms with Gasteiger partial charge in [0.15, 0.2) is 0 Å². The molecule has 0 fully saturated rings. The molecule has 2 nitrogen and oxygen atoms in total. The fraction of sp³-hybridized carbons (Fsp3) is 1.00. The van der Waals surface area contributed by atoms with Crippen molar-refractivity contribution in [3.8, 4) is 0 Å². The highest BCUT2D eigenvalue weighted by atomic mass is 19.3. The summed E-state index contributed by atoms with van der Waals surface area (Å²) >= 11 is 0. The van der Waals surface area contributed by atoms with E-state index in [-0.39, 0.29) is 6.54 Å². The molecule has 0 bridgehead atoms. The van der Waals surface area contributed by atoms with Crippen LogP contribution in [-0.2, 0) is 0 Å². The van der Waals surface area contributed by atoms with Crippen molar-refractivity contribution in [3.05, 3.63) is 0 Å². The largest absolute Gasteiger partial charge is 0.330 e. The summed E-state index contributed by atoms with van der Waals surface area (Å²) in [6.07, 6.45) is -2.25. The van der Waals surface area contributed by atoms with Gasteiger partial charge in [0.05, 0.1) is 6.54 Å². The maximum absolute atomic E-state index is 12.0. The van der Waals surface area contributed by atoms with Gasteiger partial charge in [0.1, 0.15) is 0 Å². The summed E-state index contributed by atoms with van der Waals surface area (Å²) in [5.41, 5.74) is 5.54. The first-order chi connectivity index (χ1) is 5.97. The molecule has 0 heterocycles. The average molecular weight is 194 g/mol. The molecule has 0 saturated carbocycles. The van der Waals surface area contributed by atoms with E-state index in [1.807, 2.05) is 0 Å². The number of rotatable bonds is 6. The predicted molar refractivity (Wildman–Crippen MR) is 50.9 cm³/mol. The van der Waals surface area contributed by atoms with Crippen molar-refractivity contribution in [2.45, 2.75) is 20.3 Å². The van der Waals surface area contributed by atoms with Crippen molar-refractivity contribution < 1.29 is 8.78 Å². The molecule has 0 aliphatic carbocycles. The smallest absolute Gasteiger partial charge is 0.251 e. The minimum atomic E-state index is -2.25. The minimum absolute atomic E-state index is 0.163. The quantitative estimate of drug-likeness (QED) is 0.692. The van der Waals surface area contributed by atoms with Crippen LogP contribution in [0.1, 0.15) is 13.8 Å². The zero-order chi connectivity index (χ0) is 10.4. The molecule has 4 heteroatoms. The molecule has 1 atom stereocenters. The summed E-state index contributed by atoms with van der Waals surface area (Å²) in [5, 5.41) is 0. The number of hydrogen-bond donors (Lipinski definition) is 1. The molecule has 0 aromatic carbocycles. The Morgan fingerprint density at radius 1 is 1.23 bits per heavy atom. The van der Waals surface area contributed by atoms with Gasteiger partial charge in [-0.15, -0.1) is 0 Å². The highest BCUT2D eigenvalue weighted by Crippen LogP contribution is 2.10. The van der Waals surface area contributed by atoms with Gasteiger partial charge < -0.3 is 10.6 Å². The third-order valence-electron chi connectivity index (χ3n) is 2.24. The molecule has 1 unspecified atom stereocenters. The molecule has 0 radical (unpaired) electrons. The lowest BCUT2D eigenvalue weighted by Gasteiger charge is -2.25. The van der Waals surface area contributed by atoms with Crippen LogP contribution in [0.3, 0.4) is 0 Å². The summed E-state index contributed by atoms with van der Waals surface area (Å²) in [6, 6.07) is 0. The molecule has 0 aliphatic heterocycles. The third kappa shape index (κ3) is 5.93. The standard InChI is InChI=1S/C9H20F2N2/c1-7(2)8(4-12)5-13(3)6-9(10)11/h7-9H,4-6,12H2,1-3H3. The highest BCUT2D eigenvalue weighted by Gasteiger charge is 2.15. The van der Waals surface area contributed by atoms with Crippen LogP contribution in [0.15, 0.2) is 0 Å². The fourth-order valence-electron chi connectivity index (χ4n) is 1.27. The molecule has 0 spiro atoms. The van der Waals surface area contributed by atoms with Crippen LogP contribution < -0.4 is 5.73 Å². The van der Waals surface area contributed by atoms with Gasteiger partial charge in [-0.1, -0.05) is 13.8 Å². The molecule has 0 aromatic rings. The summed E-state index contributed by atoms with van der Waals surface area (Å²) in [5.74, 6) is 0.758. The van der Waals surface area contributed by atoms with Crippen molar-refractivity contribution >= 4 is 0 Å². The number of hydrogen-bond acceptors (Lipinski definition) is 2. The summed E-state index contributed by atoms with van der Waals surface area (Å²) in [7, 11) is 1.71. The minimum Gasteiger partial charge on any atom is -0.330 e. The van der Waals surface area contributed by atoms with Gasteiger partial charge in [0.25, 0.3) is 6.43 Å². The Hall–Kier alpha value is -0.220. The molecule has 0 saturated heterocycles. The zero-order valence-corrected chi connectivity index (χ0v) is 8.63. The third-order valence-corrected chi connectivity index (χ3v) is 2.24. The van der Waals surface area contributed by atoms with E-state index in [2.05, 4.69) is 13.8 Å². The van der Waals surface area contributed by atoms with E-state index in [0.29, 0.717) is 24.9 Å². The average Bonchev–Trinajstić information content (AvgIpc) is 1.98. The lowest BCUT2D eigenvalue weighted by molar-refractivity contribution is 0.0896. The van der Waals surface area contributed by atoms with Gasteiger partial charge in [-0.05, 0) is 25.4 Å². The Balaban J connectivity index is 3.79. The molecule has 0 rings (SSSR count). The van der Waals surface area contributed by atoms with E-state index >= 15 is 0 Å². The number of alkyl halides is 2. The van der Waals surface area contributed by atoms with E-state index in [0.717, 1.165) is 0 Å². The second kappa shape index (κ2) is 6.27. The van der Waals surface area contributed by atoms with Gasteiger partial charge in [-0.25, -0.2) is 8.78 Å². The molecular formula is C9H20F2N2. The van der Waals surface area contributed by atoms with Gasteiger partial charge >= 0.3 is 0 Å². The van der Waals surface area contributed by atoms with Crippen LogP contribution in [0.25, 0.3) is 0 Å². The van der Waals surface area contributed by atoms with Crippen molar-refractivity contribution in [2.24, 2.45) is 17.6 Å². The zero-order valence-electron chi connectivity index (χ0n) is 8.63. The highest BCUT2D eigenvalue weighted by molar-refractivity contribution is 4.68. The molecule has 2 N–H and O–H groups in total. The lowest BCUT2D eigenvalue weighted by atomic mass is 9.95. The summed E-state index contributed by atoms with van der Waals surface area (Å²) < 4.78 is 23.9. The van der Waals surface area contributed by atoms with E-state index in [9.17, 15) is 8.78 Å². The maximum atomic E-state index is 12.0. The van der Waals surface area contributed by atoms with Gasteiger partial charge in [-0.2, -0.15) is 0 Å². The van der Waals surface area contributed by atoms with Crippen molar-refractivity contribution in [2.75, 3.05) is 26.7 Å². The Morgan fingerprint density at radius 3 is 2.08 bits per heavy atom. The maximum Gasteiger partial charge on any atom is 0.251 e. The van der Waals surface area contributed by atoms with E-state index < -0.39 is 6.43 Å². The number of nitrogens with zero attached hydrogens (tertiary/aromatic N) is 1. The first-order valence-electron chi connectivity index (χ1n) is 4.64. The monoisotopic (exact) mass is 194 g/mol. The SMILES string of the molecule is CC(C)C(CN)CN(C)CC(F)F. The second-order valence-corrected chi connectivity index (χ2v) is 3.85. The molecule has 13 heavy (non-hydrogen) atoms. The Labute approximate surface area is 79.1 Å². The lowest BCUT2D eigenvalue weighted by Crippen LogP contribution is -2.35. The van der Waals surface area contributed by atoms with E-state index in [1.54, 1.807) is 11.9 Å². The predicted octanol–water partition coefficient (Wildman–Crippen LogP) is 1.41. The molecule has 0 aromatic heterocycles. The van der Waals surface area contributed by atoms with E-state index in [4.69, 9.17) is 5.73 Å². The van der Waals surface area contributed by atoms with Gasteiger partial charge in [0.2, 0.25) is 0 Å². The van der Waals surface area contributed by atoms with Crippen molar-refractivity contribution in [1.82, 2.24) is 4.90 Å². The van der Waals surface area contributed by atoms with Crippen LogP contribution in [0, 0.1) is 11.8 Å². The Bertz CT molecular complexity index is 129. The molecular weight excluding hydrogens is 174 g/mol. The van der Waals surface area contributed by atoms with Crippen LogP contribution in [0.4, 0.5) is 8.78 Å². The second-order valence-electron chi connectivity index (χ2n) is 3.85. The van der Waals surface area contributed by atoms with Crippen molar-refractivity contribution in [1.29, 1.82) is 0 Å². The summed E-state index contributed by atoms with van der Waals surface area (Å²) in [6.45, 7) is 5.18.